The van der Waals surface area contributed by atoms with Crippen molar-refractivity contribution >= 4 is 23.9 Å². The second-order valence-electron chi connectivity index (χ2n) is 22.4. The van der Waals surface area contributed by atoms with Crippen molar-refractivity contribution in [1.82, 2.24) is 0 Å². The lowest BCUT2D eigenvalue weighted by Crippen LogP contribution is -2.26. The topological polar surface area (TPSA) is 124 Å². The Morgan fingerprint density at radius 1 is 0.392 bits per heavy atom. The van der Waals surface area contributed by atoms with Gasteiger partial charge in [-0.25, -0.2) is 19.2 Å². The first-order valence-corrected chi connectivity index (χ1v) is 25.5. The molecule has 5 aromatic rings. The Kier molecular flexibility index (Phi) is 26.1. The third-order valence-corrected chi connectivity index (χ3v) is 9.96. The van der Waals surface area contributed by atoms with Crippen LogP contribution in [0, 0.1) is 0 Å². The average molecular weight is 1020 g/mol. The van der Waals surface area contributed by atoms with Gasteiger partial charge in [0.1, 0.15) is 33.9 Å². The van der Waals surface area contributed by atoms with Crippen LogP contribution in [-0.4, -0.2) is 59.5 Å². The van der Waals surface area contributed by atoms with E-state index in [0.717, 1.165) is 39.3 Å². The second-order valence-corrected chi connectivity index (χ2v) is 22.4. The molecule has 5 aromatic carbocycles. The lowest BCUT2D eigenvalue weighted by atomic mass is 9.84. The molecule has 0 saturated carbocycles. The lowest BCUT2D eigenvalue weighted by Gasteiger charge is -2.25. The van der Waals surface area contributed by atoms with Gasteiger partial charge in [-0.3, -0.25) is 0 Å². The van der Waals surface area contributed by atoms with Crippen LogP contribution in [0.1, 0.15) is 222 Å². The van der Waals surface area contributed by atoms with Crippen molar-refractivity contribution in [3.8, 4) is 22.6 Å². The molecular formula is C64H90O10. The van der Waals surface area contributed by atoms with Crippen molar-refractivity contribution < 1.29 is 47.6 Å². The standard InChI is InChI=1S/C20H32O2.C17H18O2.2C13H18O3.CH4/c1-12(2)15-10-16(13(3)4)18(17(11-15)14(5)6)19(21)22-20(7,8)9;1-17(2,3)19-16(18)15-11-9-14(10-12-15)13-7-5-4-6-8-13;2*1-5-15-11-8-6-10(7-9-11)12(14)16-13(2,3)4;/h10-14H,1-9H3;4-12H,1-3H3;2*6-9H,5H2,1-4H3;1H4. The first-order chi connectivity index (χ1) is 33.7. The number of carbonyl (C=O) groups excluding carboxylic acids is 4. The molecule has 0 amide bonds. The van der Waals surface area contributed by atoms with E-state index >= 15 is 0 Å². The Hall–Kier alpha value is -6.42. The summed E-state index contributed by atoms with van der Waals surface area (Å²) in [5.74, 6) is 1.44. The molecule has 0 radical (unpaired) electrons. The molecular weight excluding hydrogens is 929 g/mol. The molecule has 406 valence electrons. The van der Waals surface area contributed by atoms with Crippen molar-refractivity contribution in [2.75, 3.05) is 13.2 Å². The highest BCUT2D eigenvalue weighted by Gasteiger charge is 2.27. The molecule has 0 spiro atoms. The molecule has 0 aliphatic heterocycles. The number of esters is 4. The van der Waals surface area contributed by atoms with Crippen LogP contribution in [0.3, 0.4) is 0 Å². The highest BCUT2D eigenvalue weighted by Crippen LogP contribution is 2.33. The zero-order valence-corrected chi connectivity index (χ0v) is 47.7. The third-order valence-electron chi connectivity index (χ3n) is 9.96. The van der Waals surface area contributed by atoms with Crippen LogP contribution in [0.2, 0.25) is 0 Å². The van der Waals surface area contributed by atoms with Crippen molar-refractivity contribution in [2.24, 2.45) is 0 Å². The minimum atomic E-state index is -0.476. The fourth-order valence-electron chi connectivity index (χ4n) is 6.67. The van der Waals surface area contributed by atoms with E-state index in [0.29, 0.717) is 47.7 Å². The quantitative estimate of drug-likeness (QED) is 0.0881. The van der Waals surface area contributed by atoms with Crippen LogP contribution in [0.15, 0.2) is 115 Å². The Bertz CT molecular complexity index is 2370. The Morgan fingerprint density at radius 2 is 0.676 bits per heavy atom. The molecule has 0 unspecified atom stereocenters. The minimum absolute atomic E-state index is 0. The van der Waals surface area contributed by atoms with Crippen molar-refractivity contribution in [3.63, 3.8) is 0 Å². The van der Waals surface area contributed by atoms with Gasteiger partial charge >= 0.3 is 23.9 Å². The van der Waals surface area contributed by atoms with E-state index in [4.69, 9.17) is 28.4 Å². The summed E-state index contributed by atoms with van der Waals surface area (Å²) in [5, 5.41) is 0. The van der Waals surface area contributed by atoms with E-state index in [1.54, 1.807) is 60.7 Å². The molecule has 10 nitrogen and oxygen atoms in total. The predicted octanol–water partition coefficient (Wildman–Crippen LogP) is 17.0. The molecule has 0 aliphatic carbocycles. The summed E-state index contributed by atoms with van der Waals surface area (Å²) in [6, 6.07) is 35.8. The van der Waals surface area contributed by atoms with Crippen LogP contribution in [0.25, 0.3) is 11.1 Å². The van der Waals surface area contributed by atoms with Gasteiger partial charge in [0.25, 0.3) is 0 Å². The smallest absolute Gasteiger partial charge is 0.339 e. The first-order valence-electron chi connectivity index (χ1n) is 25.5. The number of hydrogen-bond acceptors (Lipinski definition) is 10. The van der Waals surface area contributed by atoms with Gasteiger partial charge in [-0.1, -0.05) is 104 Å². The summed E-state index contributed by atoms with van der Waals surface area (Å²) in [4.78, 5) is 48.0. The number of ether oxygens (including phenoxy) is 6. The first kappa shape index (κ1) is 65.6. The Balaban J connectivity index is 0.000000495. The van der Waals surface area contributed by atoms with Crippen molar-refractivity contribution in [3.05, 3.63) is 154 Å². The van der Waals surface area contributed by atoms with E-state index < -0.39 is 22.4 Å². The van der Waals surface area contributed by atoms with Gasteiger partial charge in [0.2, 0.25) is 0 Å². The fraction of sp³-hybridized carbons (Fsp3) is 0.469. The third kappa shape index (κ3) is 24.5. The maximum atomic E-state index is 12.8. The van der Waals surface area contributed by atoms with Crippen molar-refractivity contribution in [2.45, 2.75) is 186 Å². The van der Waals surface area contributed by atoms with E-state index in [1.165, 1.54) is 5.56 Å². The number of benzene rings is 5. The Labute approximate surface area is 445 Å². The molecule has 0 atom stereocenters. The number of rotatable bonds is 12. The van der Waals surface area contributed by atoms with Gasteiger partial charge < -0.3 is 28.4 Å². The summed E-state index contributed by atoms with van der Waals surface area (Å²) in [6.45, 7) is 40.4. The second kappa shape index (κ2) is 29.5. The monoisotopic (exact) mass is 1020 g/mol. The van der Waals surface area contributed by atoms with Gasteiger partial charge in [0.15, 0.2) is 0 Å². The fourth-order valence-corrected chi connectivity index (χ4v) is 6.67. The summed E-state index contributed by atoms with van der Waals surface area (Å²) in [6.07, 6.45) is 0. The van der Waals surface area contributed by atoms with Gasteiger partial charge in [-0.2, -0.15) is 0 Å². The van der Waals surface area contributed by atoms with Crippen LogP contribution >= 0.6 is 0 Å². The molecule has 0 saturated heterocycles. The maximum Gasteiger partial charge on any atom is 0.339 e. The highest BCUT2D eigenvalue weighted by molar-refractivity contribution is 5.94. The zero-order valence-electron chi connectivity index (χ0n) is 47.7. The summed E-state index contributed by atoms with van der Waals surface area (Å²) in [5.41, 5.74) is 6.28. The SMILES string of the molecule is C.CC(C)(C)OC(=O)c1ccc(-c2ccccc2)cc1.CC(C)c1cc(C(C)C)c(C(=O)OC(C)(C)C)c(C(C)C)c1.CCOc1ccc(C(=O)OC(C)(C)C)cc1.CCOc1ccc(C(=O)OC(C)(C)C)cc1. The average Bonchev–Trinajstić information content (AvgIpc) is 3.28. The highest BCUT2D eigenvalue weighted by atomic mass is 16.6. The summed E-state index contributed by atoms with van der Waals surface area (Å²) in [7, 11) is 0. The van der Waals surface area contributed by atoms with Gasteiger partial charge in [0, 0.05) is 0 Å². The lowest BCUT2D eigenvalue weighted by molar-refractivity contribution is 0.00545. The van der Waals surface area contributed by atoms with Gasteiger partial charge in [-0.15, -0.1) is 0 Å². The molecule has 0 N–H and O–H groups in total. The molecule has 0 aliphatic rings. The molecule has 74 heavy (non-hydrogen) atoms. The normalized spacial score (nSPS) is 11.3. The van der Waals surface area contributed by atoms with E-state index in [2.05, 4.69) is 53.7 Å². The van der Waals surface area contributed by atoms with E-state index in [1.807, 2.05) is 139 Å². The zero-order chi connectivity index (χ0) is 55.5. The number of hydrogen-bond donors (Lipinski definition) is 0. The van der Waals surface area contributed by atoms with E-state index in [9.17, 15) is 19.2 Å². The summed E-state index contributed by atoms with van der Waals surface area (Å²) >= 11 is 0. The predicted molar refractivity (Wildman–Crippen MR) is 303 cm³/mol. The molecule has 0 fully saturated rings. The molecule has 5 rings (SSSR count). The van der Waals surface area contributed by atoms with E-state index in [-0.39, 0.29) is 31.3 Å². The van der Waals surface area contributed by atoms with Crippen LogP contribution in [-0.2, 0) is 18.9 Å². The summed E-state index contributed by atoms with van der Waals surface area (Å²) < 4.78 is 32.1. The molecule has 0 aromatic heterocycles. The molecule has 0 heterocycles. The Morgan fingerprint density at radius 3 is 0.946 bits per heavy atom. The van der Waals surface area contributed by atoms with Crippen LogP contribution in [0.5, 0.6) is 11.5 Å². The largest absolute Gasteiger partial charge is 0.494 e. The molecule has 10 heteroatoms. The molecule has 0 bridgehead atoms. The van der Waals surface area contributed by atoms with Gasteiger partial charge in [0.05, 0.1) is 35.5 Å². The van der Waals surface area contributed by atoms with Gasteiger partial charge in [-0.05, 0) is 203 Å². The van der Waals surface area contributed by atoms with Crippen LogP contribution in [0.4, 0.5) is 0 Å². The van der Waals surface area contributed by atoms with Crippen molar-refractivity contribution in [1.29, 1.82) is 0 Å². The number of carbonyl (C=O) groups is 4. The maximum absolute atomic E-state index is 12.8. The minimum Gasteiger partial charge on any atom is -0.494 e. The van der Waals surface area contributed by atoms with Crippen LogP contribution < -0.4 is 9.47 Å².